The molecule has 1 saturated heterocycles. The normalized spacial score (nSPS) is 20.4. The Hall–Kier alpha value is -1.68. The molecule has 0 amide bonds. The molecule has 0 saturated carbocycles. The van der Waals surface area contributed by atoms with Gasteiger partial charge in [-0.3, -0.25) is 4.90 Å². The average Bonchev–Trinajstić information content (AvgIpc) is 3.02. The van der Waals surface area contributed by atoms with Gasteiger partial charge in [-0.05, 0) is 37.1 Å². The van der Waals surface area contributed by atoms with E-state index in [4.69, 9.17) is 4.52 Å². The lowest BCUT2D eigenvalue weighted by molar-refractivity contribution is 0.217. The first-order valence-electron chi connectivity index (χ1n) is 6.22. The van der Waals surface area contributed by atoms with E-state index >= 15 is 0 Å². The van der Waals surface area contributed by atoms with Crippen LogP contribution in [0.15, 0.2) is 41.1 Å². The molecule has 2 aromatic rings. The van der Waals surface area contributed by atoms with Gasteiger partial charge in [0.1, 0.15) is 5.82 Å². The summed E-state index contributed by atoms with van der Waals surface area (Å²) in [4.78, 5) is 2.35. The molecule has 4 heteroatoms. The molecule has 1 aromatic carbocycles. The average molecular weight is 246 g/mol. The van der Waals surface area contributed by atoms with E-state index in [2.05, 4.69) is 10.1 Å². The summed E-state index contributed by atoms with van der Waals surface area (Å²) in [5.74, 6) is 0.697. The van der Waals surface area contributed by atoms with Gasteiger partial charge < -0.3 is 4.52 Å². The summed E-state index contributed by atoms with van der Waals surface area (Å²) in [6.45, 7) is 1.81. The number of aromatic nitrogens is 1. The first kappa shape index (κ1) is 11.4. The number of hydrogen-bond donors (Lipinski definition) is 0. The third-order valence-electron chi connectivity index (χ3n) is 3.47. The molecule has 18 heavy (non-hydrogen) atoms. The molecule has 3 nitrogen and oxygen atoms in total. The summed E-state index contributed by atoms with van der Waals surface area (Å²) in [6, 6.07) is 9.05. The fourth-order valence-electron chi connectivity index (χ4n) is 2.60. The van der Waals surface area contributed by atoms with Gasteiger partial charge in [0.2, 0.25) is 0 Å². The van der Waals surface area contributed by atoms with E-state index in [0.29, 0.717) is 6.04 Å². The number of rotatable bonds is 3. The lowest BCUT2D eigenvalue weighted by Gasteiger charge is -2.23. The van der Waals surface area contributed by atoms with Crippen molar-refractivity contribution in [2.24, 2.45) is 0 Å². The van der Waals surface area contributed by atoms with Gasteiger partial charge in [-0.15, -0.1) is 0 Å². The second-order valence-corrected chi connectivity index (χ2v) is 4.66. The first-order valence-corrected chi connectivity index (χ1v) is 6.22. The van der Waals surface area contributed by atoms with Crippen LogP contribution in [0.25, 0.3) is 0 Å². The number of benzene rings is 1. The van der Waals surface area contributed by atoms with Crippen LogP contribution in [-0.2, 0) is 6.54 Å². The molecule has 1 unspecified atom stereocenters. The summed E-state index contributed by atoms with van der Waals surface area (Å²) >= 11 is 0. The van der Waals surface area contributed by atoms with Crippen molar-refractivity contribution >= 4 is 0 Å². The van der Waals surface area contributed by atoms with E-state index in [1.165, 1.54) is 17.7 Å². The smallest absolute Gasteiger partial charge is 0.150 e. The highest BCUT2D eigenvalue weighted by molar-refractivity contribution is 5.21. The van der Waals surface area contributed by atoms with Crippen LogP contribution in [0.5, 0.6) is 0 Å². The molecule has 0 spiro atoms. The van der Waals surface area contributed by atoms with Gasteiger partial charge in [0.25, 0.3) is 0 Å². The van der Waals surface area contributed by atoms with Crippen LogP contribution in [-0.4, -0.2) is 16.6 Å². The minimum atomic E-state index is -0.182. The maximum Gasteiger partial charge on any atom is 0.150 e. The predicted octanol–water partition coefficient (Wildman–Crippen LogP) is 3.15. The zero-order valence-corrected chi connectivity index (χ0v) is 10.1. The van der Waals surface area contributed by atoms with Crippen molar-refractivity contribution in [3.8, 4) is 0 Å². The van der Waals surface area contributed by atoms with Crippen molar-refractivity contribution in [1.82, 2.24) is 10.1 Å². The Morgan fingerprint density at radius 3 is 2.83 bits per heavy atom. The van der Waals surface area contributed by atoms with Gasteiger partial charge in [0, 0.05) is 12.1 Å². The largest absolute Gasteiger partial charge is 0.360 e. The summed E-state index contributed by atoms with van der Waals surface area (Å²) in [6.07, 6.45) is 3.94. The van der Waals surface area contributed by atoms with Crippen LogP contribution in [0.3, 0.4) is 0 Å². The number of halogens is 1. The lowest BCUT2D eigenvalue weighted by Crippen LogP contribution is -2.22. The van der Waals surface area contributed by atoms with Crippen LogP contribution in [0.4, 0.5) is 4.39 Å². The highest BCUT2D eigenvalue weighted by Gasteiger charge is 2.26. The van der Waals surface area contributed by atoms with Gasteiger partial charge >= 0.3 is 0 Å². The molecule has 0 aliphatic carbocycles. The van der Waals surface area contributed by atoms with E-state index < -0.39 is 0 Å². The Morgan fingerprint density at radius 2 is 2.11 bits per heavy atom. The van der Waals surface area contributed by atoms with Gasteiger partial charge in [-0.25, -0.2) is 4.39 Å². The molecule has 1 aromatic heterocycles. The van der Waals surface area contributed by atoms with Crippen molar-refractivity contribution in [1.29, 1.82) is 0 Å². The Bertz CT molecular complexity index is 495. The van der Waals surface area contributed by atoms with E-state index in [9.17, 15) is 4.39 Å². The SMILES string of the molecule is Fc1ccc(C2CCCN2Cc2ccno2)cc1. The molecule has 1 aliphatic rings. The predicted molar refractivity (Wildman–Crippen MR) is 65.3 cm³/mol. The van der Waals surface area contributed by atoms with E-state index in [1.54, 1.807) is 6.20 Å². The summed E-state index contributed by atoms with van der Waals surface area (Å²) < 4.78 is 18.1. The first-order chi connectivity index (χ1) is 8.83. The van der Waals surface area contributed by atoms with Crippen molar-refractivity contribution in [3.63, 3.8) is 0 Å². The van der Waals surface area contributed by atoms with E-state index in [-0.39, 0.29) is 5.82 Å². The molecule has 1 aliphatic heterocycles. The van der Waals surface area contributed by atoms with Crippen LogP contribution in [0.2, 0.25) is 0 Å². The molecule has 2 heterocycles. The van der Waals surface area contributed by atoms with Crippen molar-refractivity contribution < 1.29 is 8.91 Å². The Balaban J connectivity index is 1.76. The second-order valence-electron chi connectivity index (χ2n) is 4.66. The summed E-state index contributed by atoms with van der Waals surface area (Å²) in [7, 11) is 0. The molecule has 0 bridgehead atoms. The second kappa shape index (κ2) is 4.90. The molecule has 3 rings (SSSR count). The van der Waals surface area contributed by atoms with Crippen molar-refractivity contribution in [2.45, 2.75) is 25.4 Å². The third-order valence-corrected chi connectivity index (χ3v) is 3.47. The zero-order valence-electron chi connectivity index (χ0n) is 10.1. The Labute approximate surface area is 105 Å². The van der Waals surface area contributed by atoms with Crippen LogP contribution < -0.4 is 0 Å². The minimum Gasteiger partial charge on any atom is -0.360 e. The van der Waals surface area contributed by atoms with Crippen LogP contribution in [0.1, 0.15) is 30.2 Å². The zero-order chi connectivity index (χ0) is 12.4. The maximum atomic E-state index is 12.9. The van der Waals surface area contributed by atoms with Crippen molar-refractivity contribution in [2.75, 3.05) is 6.54 Å². The van der Waals surface area contributed by atoms with Gasteiger partial charge in [0.15, 0.2) is 5.76 Å². The monoisotopic (exact) mass is 246 g/mol. The summed E-state index contributed by atoms with van der Waals surface area (Å²) in [5, 5.41) is 3.72. The standard InChI is InChI=1S/C14H15FN2O/c15-12-5-3-11(4-6-12)14-2-1-9-17(14)10-13-7-8-16-18-13/h3-8,14H,1-2,9-10H2. The van der Waals surface area contributed by atoms with Gasteiger partial charge in [-0.1, -0.05) is 17.3 Å². The molecule has 1 atom stereocenters. The molecular weight excluding hydrogens is 231 g/mol. The fraction of sp³-hybridized carbons (Fsp3) is 0.357. The molecule has 0 radical (unpaired) electrons. The molecular formula is C14H15FN2O. The highest BCUT2D eigenvalue weighted by Crippen LogP contribution is 2.33. The molecule has 0 N–H and O–H groups in total. The highest BCUT2D eigenvalue weighted by atomic mass is 19.1. The van der Waals surface area contributed by atoms with Gasteiger partial charge in [-0.2, -0.15) is 0 Å². The number of hydrogen-bond acceptors (Lipinski definition) is 3. The fourth-order valence-corrected chi connectivity index (χ4v) is 2.60. The summed E-state index contributed by atoms with van der Waals surface area (Å²) in [5.41, 5.74) is 1.17. The topological polar surface area (TPSA) is 29.3 Å². The van der Waals surface area contributed by atoms with Crippen LogP contribution in [0, 0.1) is 5.82 Å². The lowest BCUT2D eigenvalue weighted by atomic mass is 10.0. The van der Waals surface area contributed by atoms with Crippen LogP contribution >= 0.6 is 0 Å². The van der Waals surface area contributed by atoms with Crippen molar-refractivity contribution in [3.05, 3.63) is 53.7 Å². The number of likely N-dealkylation sites (tertiary alicyclic amines) is 1. The third kappa shape index (κ3) is 2.29. The molecule has 1 fully saturated rings. The minimum absolute atomic E-state index is 0.182. The Kier molecular flexibility index (Phi) is 3.11. The van der Waals surface area contributed by atoms with Gasteiger partial charge in [0.05, 0.1) is 12.7 Å². The van der Waals surface area contributed by atoms with E-state index in [0.717, 1.165) is 31.7 Å². The number of nitrogens with zero attached hydrogens (tertiary/aromatic N) is 2. The van der Waals surface area contributed by atoms with E-state index in [1.807, 2.05) is 18.2 Å². The quantitative estimate of drug-likeness (QED) is 0.833. The maximum absolute atomic E-state index is 12.9. The Morgan fingerprint density at radius 1 is 1.28 bits per heavy atom. The molecule has 94 valence electrons.